The third-order valence-electron chi connectivity index (χ3n) is 4.45. The molecule has 1 aliphatic rings. The third-order valence-corrected chi connectivity index (χ3v) is 4.45. The molecule has 1 saturated heterocycles. The summed E-state index contributed by atoms with van der Waals surface area (Å²) in [4.78, 5) is 7.29. The van der Waals surface area contributed by atoms with Crippen LogP contribution in [0, 0.1) is 6.92 Å². The molecular weight excluding hydrogens is 258 g/mol. The Morgan fingerprint density at radius 1 is 1.24 bits per heavy atom. The lowest BCUT2D eigenvalue weighted by molar-refractivity contribution is 0.328. The van der Waals surface area contributed by atoms with Crippen LogP contribution in [0.4, 0.5) is 0 Å². The van der Waals surface area contributed by atoms with E-state index in [2.05, 4.69) is 60.0 Å². The van der Waals surface area contributed by atoms with Crippen LogP contribution in [0.2, 0.25) is 0 Å². The van der Waals surface area contributed by atoms with Gasteiger partial charge >= 0.3 is 0 Å². The molecule has 1 aliphatic heterocycles. The Kier molecular flexibility index (Phi) is 4.39. The van der Waals surface area contributed by atoms with Crippen molar-refractivity contribution in [2.75, 3.05) is 19.6 Å². The summed E-state index contributed by atoms with van der Waals surface area (Å²) in [6.45, 7) is 5.66. The molecule has 1 atom stereocenters. The Morgan fingerprint density at radius 2 is 2.05 bits per heavy atom. The van der Waals surface area contributed by atoms with Crippen LogP contribution in [-0.2, 0) is 13.5 Å². The topological polar surface area (TPSA) is 21.1 Å². The Bertz CT molecular complexity index is 573. The van der Waals surface area contributed by atoms with E-state index in [1.807, 2.05) is 0 Å². The van der Waals surface area contributed by atoms with E-state index in [0.29, 0.717) is 5.92 Å². The molecule has 0 amide bonds. The predicted molar refractivity (Wildman–Crippen MR) is 86.5 cm³/mol. The molecule has 0 radical (unpaired) electrons. The summed E-state index contributed by atoms with van der Waals surface area (Å²) in [6.07, 6.45) is 5.81. The van der Waals surface area contributed by atoms with E-state index in [-0.39, 0.29) is 0 Å². The first-order chi connectivity index (χ1) is 10.2. The molecule has 3 heteroatoms. The number of hydrogen-bond acceptors (Lipinski definition) is 2. The molecule has 0 N–H and O–H groups in total. The summed E-state index contributed by atoms with van der Waals surface area (Å²) >= 11 is 0. The average Bonchev–Trinajstić information content (AvgIpc) is 3.06. The van der Waals surface area contributed by atoms with Gasteiger partial charge in [-0.1, -0.05) is 30.3 Å². The van der Waals surface area contributed by atoms with Crippen molar-refractivity contribution < 1.29 is 0 Å². The standard InChI is InChI=1S/C18H25N3/c1-15-13-20(2)18(19-15)17-10-12-21(14-17)11-6-9-16-7-4-3-5-8-16/h3-5,7-8,13,17H,6,9-12,14H2,1-2H3. The Balaban J connectivity index is 1.48. The van der Waals surface area contributed by atoms with Crippen molar-refractivity contribution in [3.8, 4) is 0 Å². The molecule has 0 aliphatic carbocycles. The van der Waals surface area contributed by atoms with E-state index in [0.717, 1.165) is 5.69 Å². The van der Waals surface area contributed by atoms with Crippen molar-refractivity contribution in [3.63, 3.8) is 0 Å². The van der Waals surface area contributed by atoms with Gasteiger partial charge in [0.05, 0.1) is 5.69 Å². The highest BCUT2D eigenvalue weighted by molar-refractivity contribution is 5.14. The molecule has 1 unspecified atom stereocenters. The first-order valence-corrected chi connectivity index (χ1v) is 7.98. The Labute approximate surface area is 127 Å². The zero-order valence-corrected chi connectivity index (χ0v) is 13.1. The Hall–Kier alpha value is -1.61. The second kappa shape index (κ2) is 6.44. The molecule has 2 heterocycles. The number of hydrogen-bond donors (Lipinski definition) is 0. The molecule has 21 heavy (non-hydrogen) atoms. The molecule has 112 valence electrons. The lowest BCUT2D eigenvalue weighted by Gasteiger charge is -2.15. The monoisotopic (exact) mass is 283 g/mol. The van der Waals surface area contributed by atoms with Gasteiger partial charge in [0, 0.05) is 25.7 Å². The molecule has 1 aromatic heterocycles. The smallest absolute Gasteiger partial charge is 0.113 e. The zero-order valence-electron chi connectivity index (χ0n) is 13.1. The second-order valence-electron chi connectivity index (χ2n) is 6.23. The average molecular weight is 283 g/mol. The number of likely N-dealkylation sites (tertiary alicyclic amines) is 1. The summed E-state index contributed by atoms with van der Waals surface area (Å²) in [6, 6.07) is 10.8. The zero-order chi connectivity index (χ0) is 14.7. The highest BCUT2D eigenvalue weighted by Crippen LogP contribution is 2.26. The van der Waals surface area contributed by atoms with Crippen LogP contribution in [0.25, 0.3) is 0 Å². The summed E-state index contributed by atoms with van der Waals surface area (Å²) < 4.78 is 2.20. The number of rotatable bonds is 5. The summed E-state index contributed by atoms with van der Waals surface area (Å²) in [5.41, 5.74) is 2.59. The van der Waals surface area contributed by atoms with Gasteiger partial charge in [0.15, 0.2) is 0 Å². The minimum Gasteiger partial charge on any atom is -0.337 e. The van der Waals surface area contributed by atoms with Gasteiger partial charge in [-0.05, 0) is 44.8 Å². The first-order valence-electron chi connectivity index (χ1n) is 7.98. The summed E-state index contributed by atoms with van der Waals surface area (Å²) in [5.74, 6) is 1.87. The fourth-order valence-corrected chi connectivity index (χ4v) is 3.41. The second-order valence-corrected chi connectivity index (χ2v) is 6.23. The van der Waals surface area contributed by atoms with E-state index in [1.54, 1.807) is 0 Å². The van der Waals surface area contributed by atoms with Crippen molar-refractivity contribution >= 4 is 0 Å². The molecule has 0 bridgehead atoms. The lowest BCUT2D eigenvalue weighted by atomic mass is 10.1. The predicted octanol–water partition coefficient (Wildman–Crippen LogP) is 3.15. The van der Waals surface area contributed by atoms with Gasteiger partial charge in [0.2, 0.25) is 0 Å². The maximum atomic E-state index is 4.69. The maximum Gasteiger partial charge on any atom is 0.113 e. The number of benzene rings is 1. The van der Waals surface area contributed by atoms with Gasteiger partial charge in [0.25, 0.3) is 0 Å². The van der Waals surface area contributed by atoms with Crippen LogP contribution in [0.1, 0.15) is 35.8 Å². The summed E-state index contributed by atoms with van der Waals surface area (Å²) in [7, 11) is 2.12. The normalized spacial score (nSPS) is 19.2. The van der Waals surface area contributed by atoms with Gasteiger partial charge in [-0.25, -0.2) is 4.98 Å². The van der Waals surface area contributed by atoms with Crippen LogP contribution < -0.4 is 0 Å². The Morgan fingerprint density at radius 3 is 2.76 bits per heavy atom. The van der Waals surface area contributed by atoms with Crippen LogP contribution in [0.3, 0.4) is 0 Å². The molecule has 3 nitrogen and oxygen atoms in total. The van der Waals surface area contributed by atoms with Crippen LogP contribution >= 0.6 is 0 Å². The molecular formula is C18H25N3. The maximum absolute atomic E-state index is 4.69. The largest absolute Gasteiger partial charge is 0.337 e. The van der Waals surface area contributed by atoms with Crippen molar-refractivity contribution in [2.24, 2.45) is 7.05 Å². The SMILES string of the molecule is Cc1cn(C)c(C2CCN(CCCc3ccccc3)C2)n1. The minimum absolute atomic E-state index is 0.612. The number of imidazole rings is 1. The van der Waals surface area contributed by atoms with Crippen molar-refractivity contribution in [1.29, 1.82) is 0 Å². The van der Waals surface area contributed by atoms with E-state index in [4.69, 9.17) is 4.98 Å². The molecule has 1 fully saturated rings. The van der Waals surface area contributed by atoms with Gasteiger partial charge in [-0.2, -0.15) is 0 Å². The van der Waals surface area contributed by atoms with E-state index in [9.17, 15) is 0 Å². The van der Waals surface area contributed by atoms with Crippen LogP contribution in [0.15, 0.2) is 36.5 Å². The molecule has 2 aromatic rings. The van der Waals surface area contributed by atoms with Crippen molar-refractivity contribution in [1.82, 2.24) is 14.5 Å². The fraction of sp³-hybridized carbons (Fsp3) is 0.500. The highest BCUT2D eigenvalue weighted by atomic mass is 15.2. The number of aryl methyl sites for hydroxylation is 3. The molecule has 1 aromatic carbocycles. The molecule has 0 spiro atoms. The fourth-order valence-electron chi connectivity index (χ4n) is 3.41. The van der Waals surface area contributed by atoms with Gasteiger partial charge in [0.1, 0.15) is 5.82 Å². The third kappa shape index (κ3) is 3.53. The highest BCUT2D eigenvalue weighted by Gasteiger charge is 2.26. The van der Waals surface area contributed by atoms with Crippen LogP contribution in [-0.4, -0.2) is 34.1 Å². The number of nitrogens with zero attached hydrogens (tertiary/aromatic N) is 3. The van der Waals surface area contributed by atoms with E-state index in [1.165, 1.54) is 50.3 Å². The quantitative estimate of drug-likeness (QED) is 0.840. The van der Waals surface area contributed by atoms with Crippen molar-refractivity contribution in [3.05, 3.63) is 53.6 Å². The summed E-state index contributed by atoms with van der Waals surface area (Å²) in [5, 5.41) is 0. The van der Waals surface area contributed by atoms with Crippen LogP contribution in [0.5, 0.6) is 0 Å². The van der Waals surface area contributed by atoms with E-state index >= 15 is 0 Å². The van der Waals surface area contributed by atoms with Gasteiger partial charge < -0.3 is 9.47 Å². The lowest BCUT2D eigenvalue weighted by Crippen LogP contribution is -2.22. The minimum atomic E-state index is 0.612. The van der Waals surface area contributed by atoms with Gasteiger partial charge in [-0.3, -0.25) is 0 Å². The molecule has 0 saturated carbocycles. The van der Waals surface area contributed by atoms with E-state index < -0.39 is 0 Å². The first kappa shape index (κ1) is 14.3. The van der Waals surface area contributed by atoms with Crippen molar-refractivity contribution in [2.45, 2.75) is 32.1 Å². The van der Waals surface area contributed by atoms with Gasteiger partial charge in [-0.15, -0.1) is 0 Å². The molecule has 3 rings (SSSR count). The number of aromatic nitrogens is 2.